The molecule has 0 unspecified atom stereocenters. The van der Waals surface area contributed by atoms with Gasteiger partial charge in [-0.1, -0.05) is 0 Å². The summed E-state index contributed by atoms with van der Waals surface area (Å²) >= 11 is 0. The number of nitrogens with zero attached hydrogens (tertiary/aromatic N) is 2. The highest BCUT2D eigenvalue weighted by molar-refractivity contribution is 5.81. The molecule has 0 radical (unpaired) electrons. The van der Waals surface area contributed by atoms with Gasteiger partial charge in [0.05, 0.1) is 18.8 Å². The minimum Gasteiger partial charge on any atom is -0.373 e. The van der Waals surface area contributed by atoms with Crippen molar-refractivity contribution in [2.75, 3.05) is 40.3 Å². The van der Waals surface area contributed by atoms with E-state index >= 15 is 0 Å². The maximum absolute atomic E-state index is 11.7. The molecule has 1 rings (SSSR count). The maximum Gasteiger partial charge on any atom is 0.239 e. The van der Waals surface area contributed by atoms with Gasteiger partial charge >= 0.3 is 0 Å². The largest absolute Gasteiger partial charge is 0.373 e. The summed E-state index contributed by atoms with van der Waals surface area (Å²) in [5.74, 6) is 0.0158. The lowest BCUT2D eigenvalue weighted by molar-refractivity contribution is -0.140. The number of carbonyl (C=O) groups is 1. The van der Waals surface area contributed by atoms with Crippen molar-refractivity contribution in [3.63, 3.8) is 0 Å². The first-order chi connectivity index (χ1) is 7.00. The zero-order chi connectivity index (χ0) is 11.4. The van der Waals surface area contributed by atoms with E-state index in [1.807, 2.05) is 14.1 Å². The second kappa shape index (κ2) is 5.44. The van der Waals surface area contributed by atoms with Gasteiger partial charge in [0.25, 0.3) is 0 Å². The molecule has 0 bridgehead atoms. The molecule has 0 aromatic rings. The normalized spacial score (nSPS) is 24.3. The number of likely N-dealkylation sites (N-methyl/N-ethyl adjacent to an activating group) is 1. The summed E-state index contributed by atoms with van der Waals surface area (Å²) in [6.07, 6.45) is 0.108. The summed E-state index contributed by atoms with van der Waals surface area (Å²) < 4.78 is 5.57. The van der Waals surface area contributed by atoms with Gasteiger partial charge in [0.15, 0.2) is 0 Å². The Balaban J connectivity index is 2.45. The van der Waals surface area contributed by atoms with Gasteiger partial charge in [-0.3, -0.25) is 4.79 Å². The van der Waals surface area contributed by atoms with Crippen molar-refractivity contribution in [2.45, 2.75) is 19.1 Å². The van der Waals surface area contributed by atoms with Gasteiger partial charge in [-0.15, -0.1) is 0 Å². The SMILES string of the molecule is C[C@@H](N)C(=O)N1CCO[C@H](CN(C)C)C1. The van der Waals surface area contributed by atoms with E-state index in [1.165, 1.54) is 0 Å². The smallest absolute Gasteiger partial charge is 0.239 e. The number of hydrogen-bond donors (Lipinski definition) is 1. The Morgan fingerprint density at radius 1 is 1.67 bits per heavy atom. The Morgan fingerprint density at radius 2 is 2.33 bits per heavy atom. The second-order valence-electron chi connectivity index (χ2n) is 4.33. The molecule has 2 N–H and O–H groups in total. The highest BCUT2D eigenvalue weighted by Gasteiger charge is 2.25. The molecule has 88 valence electrons. The van der Waals surface area contributed by atoms with Gasteiger partial charge in [-0.25, -0.2) is 0 Å². The third kappa shape index (κ3) is 3.77. The Kier molecular flexibility index (Phi) is 4.50. The molecule has 0 saturated carbocycles. The van der Waals surface area contributed by atoms with Crippen LogP contribution in [0.5, 0.6) is 0 Å². The van der Waals surface area contributed by atoms with Crippen LogP contribution in [0.15, 0.2) is 0 Å². The third-order valence-corrected chi connectivity index (χ3v) is 2.41. The number of rotatable bonds is 3. The van der Waals surface area contributed by atoms with Crippen LogP contribution >= 0.6 is 0 Å². The van der Waals surface area contributed by atoms with E-state index in [2.05, 4.69) is 4.90 Å². The number of morpholine rings is 1. The molecule has 1 amide bonds. The minimum absolute atomic E-state index is 0.0158. The fourth-order valence-corrected chi connectivity index (χ4v) is 1.73. The van der Waals surface area contributed by atoms with E-state index in [9.17, 15) is 4.79 Å². The number of hydrogen-bond acceptors (Lipinski definition) is 4. The third-order valence-electron chi connectivity index (χ3n) is 2.41. The van der Waals surface area contributed by atoms with Crippen molar-refractivity contribution in [3.05, 3.63) is 0 Å². The standard InChI is InChI=1S/C10H21N3O2/c1-8(11)10(14)13-4-5-15-9(7-13)6-12(2)3/h8-9H,4-7,11H2,1-3H3/t8-,9-/m1/s1. The Morgan fingerprint density at radius 3 is 2.87 bits per heavy atom. The lowest BCUT2D eigenvalue weighted by Gasteiger charge is -2.35. The molecule has 2 atom stereocenters. The molecular formula is C10H21N3O2. The number of carbonyl (C=O) groups excluding carboxylic acids is 1. The van der Waals surface area contributed by atoms with Crippen LogP contribution < -0.4 is 5.73 Å². The van der Waals surface area contributed by atoms with Crippen LogP contribution in [0.1, 0.15) is 6.92 Å². The lowest BCUT2D eigenvalue weighted by Crippen LogP contribution is -2.52. The summed E-state index contributed by atoms with van der Waals surface area (Å²) in [6.45, 7) is 4.47. The molecule has 0 aromatic carbocycles. The minimum atomic E-state index is -0.414. The molecule has 0 spiro atoms. The molecule has 15 heavy (non-hydrogen) atoms. The van der Waals surface area contributed by atoms with Gasteiger partial charge < -0.3 is 20.3 Å². The average molecular weight is 215 g/mol. The van der Waals surface area contributed by atoms with E-state index in [0.29, 0.717) is 19.7 Å². The average Bonchev–Trinajstić information content (AvgIpc) is 2.16. The monoisotopic (exact) mass is 215 g/mol. The van der Waals surface area contributed by atoms with Crippen molar-refractivity contribution >= 4 is 5.91 Å². The first kappa shape index (κ1) is 12.4. The molecule has 1 saturated heterocycles. The Hall–Kier alpha value is -0.650. The van der Waals surface area contributed by atoms with Crippen LogP contribution in [0.3, 0.4) is 0 Å². The molecule has 1 fully saturated rings. The molecule has 1 aliphatic rings. The van der Waals surface area contributed by atoms with Crippen LogP contribution in [0.2, 0.25) is 0 Å². The summed E-state index contributed by atoms with van der Waals surface area (Å²) in [4.78, 5) is 15.5. The topological polar surface area (TPSA) is 58.8 Å². The van der Waals surface area contributed by atoms with Crippen molar-refractivity contribution in [2.24, 2.45) is 5.73 Å². The van der Waals surface area contributed by atoms with Crippen molar-refractivity contribution in [1.82, 2.24) is 9.80 Å². The van der Waals surface area contributed by atoms with Crippen molar-refractivity contribution in [3.8, 4) is 0 Å². The quantitative estimate of drug-likeness (QED) is 0.664. The maximum atomic E-state index is 11.7. The van der Waals surface area contributed by atoms with Crippen LogP contribution in [0, 0.1) is 0 Å². The predicted molar refractivity (Wildman–Crippen MR) is 58.5 cm³/mol. The van der Waals surface area contributed by atoms with Crippen LogP contribution in [0.25, 0.3) is 0 Å². The van der Waals surface area contributed by atoms with E-state index in [0.717, 1.165) is 6.54 Å². The summed E-state index contributed by atoms with van der Waals surface area (Å²) in [7, 11) is 3.99. The van der Waals surface area contributed by atoms with Crippen molar-refractivity contribution < 1.29 is 9.53 Å². The molecule has 0 aliphatic carbocycles. The van der Waals surface area contributed by atoms with Crippen LogP contribution in [-0.4, -0.2) is 68.2 Å². The van der Waals surface area contributed by atoms with Gasteiger partial charge in [0.2, 0.25) is 5.91 Å². The second-order valence-corrected chi connectivity index (χ2v) is 4.33. The highest BCUT2D eigenvalue weighted by atomic mass is 16.5. The highest BCUT2D eigenvalue weighted by Crippen LogP contribution is 2.07. The zero-order valence-electron chi connectivity index (χ0n) is 9.77. The fraction of sp³-hybridized carbons (Fsp3) is 0.900. The van der Waals surface area contributed by atoms with Gasteiger partial charge in [0, 0.05) is 19.6 Å². The fourth-order valence-electron chi connectivity index (χ4n) is 1.73. The zero-order valence-corrected chi connectivity index (χ0v) is 9.77. The first-order valence-electron chi connectivity index (χ1n) is 5.31. The summed E-state index contributed by atoms with van der Waals surface area (Å²) in [5, 5.41) is 0. The lowest BCUT2D eigenvalue weighted by atomic mass is 10.2. The van der Waals surface area contributed by atoms with E-state index in [1.54, 1.807) is 11.8 Å². The number of nitrogens with two attached hydrogens (primary N) is 1. The predicted octanol–water partition coefficient (Wildman–Crippen LogP) is -0.877. The summed E-state index contributed by atoms with van der Waals surface area (Å²) in [6, 6.07) is -0.414. The van der Waals surface area contributed by atoms with E-state index < -0.39 is 6.04 Å². The molecule has 0 aromatic heterocycles. The molecular weight excluding hydrogens is 194 g/mol. The van der Waals surface area contributed by atoms with Crippen molar-refractivity contribution in [1.29, 1.82) is 0 Å². The van der Waals surface area contributed by atoms with Gasteiger partial charge in [0.1, 0.15) is 0 Å². The van der Waals surface area contributed by atoms with Crippen LogP contribution in [0.4, 0.5) is 0 Å². The number of ether oxygens (including phenoxy) is 1. The van der Waals surface area contributed by atoms with Gasteiger partial charge in [-0.2, -0.15) is 0 Å². The first-order valence-corrected chi connectivity index (χ1v) is 5.31. The van der Waals surface area contributed by atoms with E-state index in [4.69, 9.17) is 10.5 Å². The molecule has 5 nitrogen and oxygen atoms in total. The van der Waals surface area contributed by atoms with E-state index in [-0.39, 0.29) is 12.0 Å². The Labute approximate surface area is 91.2 Å². The van der Waals surface area contributed by atoms with Gasteiger partial charge in [-0.05, 0) is 21.0 Å². The van der Waals surface area contributed by atoms with Crippen LogP contribution in [-0.2, 0) is 9.53 Å². The Bertz CT molecular complexity index is 219. The molecule has 1 aliphatic heterocycles. The molecule has 5 heteroatoms. The number of amides is 1. The summed E-state index contributed by atoms with van der Waals surface area (Å²) in [5.41, 5.74) is 5.57. The molecule has 1 heterocycles.